The van der Waals surface area contributed by atoms with Crippen LogP contribution in [0.5, 0.6) is 0 Å². The van der Waals surface area contributed by atoms with E-state index in [0.29, 0.717) is 19.5 Å². The summed E-state index contributed by atoms with van der Waals surface area (Å²) in [6, 6.07) is -0.139. The monoisotopic (exact) mass is 294 g/mol. The Morgan fingerprint density at radius 2 is 2.29 bits per heavy atom. The second-order valence-corrected chi connectivity index (χ2v) is 6.03. The van der Waals surface area contributed by atoms with Crippen LogP contribution in [0, 0.1) is 11.3 Å². The molecule has 0 aliphatic carbocycles. The quantitative estimate of drug-likeness (QED) is 0.878. The average molecular weight is 294 g/mol. The predicted octanol–water partition coefficient (Wildman–Crippen LogP) is 1.39. The number of aliphatic carboxylic acids is 1. The van der Waals surface area contributed by atoms with E-state index in [9.17, 15) is 14.7 Å². The van der Waals surface area contributed by atoms with Crippen LogP contribution >= 0.6 is 0 Å². The highest BCUT2D eigenvalue weighted by Crippen LogP contribution is 2.38. The summed E-state index contributed by atoms with van der Waals surface area (Å²) in [5.74, 6) is -0.822. The van der Waals surface area contributed by atoms with E-state index in [1.54, 1.807) is 29.2 Å². The summed E-state index contributed by atoms with van der Waals surface area (Å²) < 4.78 is 0. The normalized spacial score (nSPS) is 21.8. The molecule has 21 heavy (non-hydrogen) atoms. The van der Waals surface area contributed by atoms with Gasteiger partial charge in [0, 0.05) is 31.9 Å². The number of amides is 2. The second-order valence-electron chi connectivity index (χ2n) is 6.03. The molecule has 0 spiro atoms. The molecule has 7 nitrogen and oxygen atoms in total. The van der Waals surface area contributed by atoms with Crippen LogP contribution < -0.4 is 0 Å². The number of urea groups is 1. The third-order valence-corrected chi connectivity index (χ3v) is 4.40. The van der Waals surface area contributed by atoms with Crippen LogP contribution in [-0.4, -0.2) is 57.2 Å². The molecule has 2 rings (SSSR count). The smallest absolute Gasteiger partial charge is 0.320 e. The van der Waals surface area contributed by atoms with Crippen LogP contribution in [0.2, 0.25) is 0 Å². The number of nitrogens with one attached hydrogen (secondary N) is 1. The van der Waals surface area contributed by atoms with Crippen molar-refractivity contribution in [2.75, 3.05) is 20.1 Å². The number of aromatic amines is 1. The van der Waals surface area contributed by atoms with Gasteiger partial charge in [-0.2, -0.15) is 5.10 Å². The van der Waals surface area contributed by atoms with Crippen molar-refractivity contribution in [1.82, 2.24) is 20.0 Å². The van der Waals surface area contributed by atoms with Gasteiger partial charge in [0.05, 0.1) is 18.2 Å². The maximum absolute atomic E-state index is 12.4. The van der Waals surface area contributed by atoms with Crippen LogP contribution in [0.15, 0.2) is 12.4 Å². The van der Waals surface area contributed by atoms with Crippen LogP contribution in [0.3, 0.4) is 0 Å². The standard InChI is InChI=1S/C14H22N4O3/c1-10(2)14(12(19)20)4-5-18(9-14)13(21)17(3)8-11-6-15-16-7-11/h6-7,10H,4-5,8-9H2,1-3H3,(H,15,16)(H,19,20). The molecule has 2 N–H and O–H groups in total. The lowest BCUT2D eigenvalue weighted by Gasteiger charge is -2.30. The summed E-state index contributed by atoms with van der Waals surface area (Å²) in [7, 11) is 1.71. The van der Waals surface area contributed by atoms with Gasteiger partial charge in [0.15, 0.2) is 0 Å². The SMILES string of the molecule is CC(C)C1(C(=O)O)CCN(C(=O)N(C)Cc2cn[nH]c2)C1. The van der Waals surface area contributed by atoms with Gasteiger partial charge in [-0.05, 0) is 12.3 Å². The number of rotatable bonds is 4. The maximum atomic E-state index is 12.4. The number of carboxylic acids is 1. The first-order chi connectivity index (χ1) is 9.86. The molecule has 0 radical (unpaired) electrons. The molecule has 1 saturated heterocycles. The fourth-order valence-electron chi connectivity index (χ4n) is 2.84. The fourth-order valence-corrected chi connectivity index (χ4v) is 2.84. The van der Waals surface area contributed by atoms with Gasteiger partial charge >= 0.3 is 12.0 Å². The molecule has 0 aromatic carbocycles. The lowest BCUT2D eigenvalue weighted by molar-refractivity contribution is -0.150. The van der Waals surface area contributed by atoms with Gasteiger partial charge in [-0.3, -0.25) is 9.89 Å². The second kappa shape index (κ2) is 5.75. The van der Waals surface area contributed by atoms with E-state index in [4.69, 9.17) is 0 Å². The largest absolute Gasteiger partial charge is 0.481 e. The number of aromatic nitrogens is 2. The minimum Gasteiger partial charge on any atom is -0.481 e. The minimum absolute atomic E-state index is 0.00743. The number of nitrogens with zero attached hydrogens (tertiary/aromatic N) is 3. The topological polar surface area (TPSA) is 89.5 Å². The number of carboxylic acid groups (broad SMARTS) is 1. The van der Waals surface area contributed by atoms with Crippen molar-refractivity contribution in [2.24, 2.45) is 11.3 Å². The van der Waals surface area contributed by atoms with Crippen LogP contribution in [0.4, 0.5) is 4.79 Å². The molecule has 116 valence electrons. The van der Waals surface area contributed by atoms with Gasteiger partial charge in [-0.25, -0.2) is 4.79 Å². The van der Waals surface area contributed by atoms with Crippen molar-refractivity contribution in [3.63, 3.8) is 0 Å². The van der Waals surface area contributed by atoms with E-state index < -0.39 is 11.4 Å². The first kappa shape index (κ1) is 15.3. The molecule has 1 aromatic rings. The average Bonchev–Trinajstić information content (AvgIpc) is 3.06. The summed E-state index contributed by atoms with van der Waals surface area (Å²) in [5, 5.41) is 16.1. The van der Waals surface area contributed by atoms with E-state index in [-0.39, 0.29) is 18.5 Å². The van der Waals surface area contributed by atoms with Crippen LogP contribution in [-0.2, 0) is 11.3 Å². The third-order valence-electron chi connectivity index (χ3n) is 4.40. The molecule has 2 heterocycles. The van der Waals surface area contributed by atoms with E-state index in [1.165, 1.54) is 0 Å². The van der Waals surface area contributed by atoms with E-state index in [2.05, 4.69) is 10.2 Å². The molecule has 2 amide bonds. The Morgan fingerprint density at radius 1 is 1.57 bits per heavy atom. The molecule has 0 saturated carbocycles. The Morgan fingerprint density at radius 3 is 2.76 bits per heavy atom. The van der Waals surface area contributed by atoms with Crippen molar-refractivity contribution in [3.05, 3.63) is 18.0 Å². The molecular formula is C14H22N4O3. The molecule has 0 bridgehead atoms. The lowest BCUT2D eigenvalue weighted by atomic mass is 9.76. The summed E-state index contributed by atoms with van der Waals surface area (Å²) in [6.07, 6.45) is 3.91. The summed E-state index contributed by atoms with van der Waals surface area (Å²) in [4.78, 5) is 27.2. The predicted molar refractivity (Wildman–Crippen MR) is 76.5 cm³/mol. The zero-order valence-corrected chi connectivity index (χ0v) is 12.7. The number of likely N-dealkylation sites (tertiary alicyclic amines) is 1. The molecule has 1 aliphatic rings. The van der Waals surface area contributed by atoms with E-state index in [0.717, 1.165) is 5.56 Å². The Balaban J connectivity index is 2.03. The van der Waals surface area contributed by atoms with Crippen molar-refractivity contribution in [3.8, 4) is 0 Å². The number of carbonyl (C=O) groups excluding carboxylic acids is 1. The molecule has 1 fully saturated rings. The number of hydrogen-bond acceptors (Lipinski definition) is 3. The van der Waals surface area contributed by atoms with Crippen LogP contribution in [0.1, 0.15) is 25.8 Å². The molecule has 1 aromatic heterocycles. The van der Waals surface area contributed by atoms with Crippen molar-refractivity contribution in [1.29, 1.82) is 0 Å². The Bertz CT molecular complexity index is 514. The van der Waals surface area contributed by atoms with Gasteiger partial charge in [-0.1, -0.05) is 13.8 Å². The molecular weight excluding hydrogens is 272 g/mol. The first-order valence-corrected chi connectivity index (χ1v) is 7.08. The van der Waals surface area contributed by atoms with Crippen molar-refractivity contribution in [2.45, 2.75) is 26.8 Å². The highest BCUT2D eigenvalue weighted by molar-refractivity contribution is 5.80. The van der Waals surface area contributed by atoms with Gasteiger partial charge in [-0.15, -0.1) is 0 Å². The number of H-pyrrole nitrogens is 1. The fraction of sp³-hybridized carbons (Fsp3) is 0.643. The third kappa shape index (κ3) is 2.86. The van der Waals surface area contributed by atoms with Gasteiger partial charge < -0.3 is 14.9 Å². The highest BCUT2D eigenvalue weighted by Gasteiger charge is 2.48. The summed E-state index contributed by atoms with van der Waals surface area (Å²) >= 11 is 0. The van der Waals surface area contributed by atoms with Gasteiger partial charge in [0.2, 0.25) is 0 Å². The van der Waals surface area contributed by atoms with E-state index in [1.807, 2.05) is 13.8 Å². The molecule has 1 aliphatic heterocycles. The number of carbonyl (C=O) groups is 2. The lowest BCUT2D eigenvalue weighted by Crippen LogP contribution is -2.44. The van der Waals surface area contributed by atoms with Crippen molar-refractivity contribution >= 4 is 12.0 Å². The van der Waals surface area contributed by atoms with Gasteiger partial charge in [0.1, 0.15) is 0 Å². The Kier molecular flexibility index (Phi) is 4.20. The van der Waals surface area contributed by atoms with E-state index >= 15 is 0 Å². The zero-order chi connectivity index (χ0) is 15.6. The summed E-state index contributed by atoms with van der Waals surface area (Å²) in [5.41, 5.74) is 0.0879. The molecule has 7 heteroatoms. The Labute approximate surface area is 123 Å². The molecule has 1 atom stereocenters. The number of hydrogen-bond donors (Lipinski definition) is 2. The van der Waals surface area contributed by atoms with Crippen molar-refractivity contribution < 1.29 is 14.7 Å². The zero-order valence-electron chi connectivity index (χ0n) is 12.7. The maximum Gasteiger partial charge on any atom is 0.320 e. The summed E-state index contributed by atoms with van der Waals surface area (Å²) in [6.45, 7) is 5.01. The Hall–Kier alpha value is -2.05. The minimum atomic E-state index is -0.827. The first-order valence-electron chi connectivity index (χ1n) is 7.08. The van der Waals surface area contributed by atoms with Gasteiger partial charge in [0.25, 0.3) is 0 Å². The van der Waals surface area contributed by atoms with Crippen LogP contribution in [0.25, 0.3) is 0 Å². The highest BCUT2D eigenvalue weighted by atomic mass is 16.4. The molecule has 1 unspecified atom stereocenters.